The number of unbranched alkanes of at least 4 members (excludes halogenated alkanes) is 22. The van der Waals surface area contributed by atoms with Crippen molar-refractivity contribution < 1.29 is 4.74 Å². The van der Waals surface area contributed by atoms with Crippen LogP contribution in [-0.2, 0) is 0 Å². The Hall–Kier alpha value is -1.96. The molecule has 2 aromatic rings. The Labute approximate surface area is 262 Å². The first-order valence-electron chi connectivity index (χ1n) is 18.4. The van der Waals surface area contributed by atoms with Crippen LogP contribution < -0.4 is 9.64 Å². The number of ether oxygens (including phenoxy) is 1. The van der Waals surface area contributed by atoms with Gasteiger partial charge in [0.05, 0.1) is 5.69 Å². The van der Waals surface area contributed by atoms with Crippen molar-refractivity contribution in [2.75, 3.05) is 18.0 Å². The number of hydrogen-bond acceptors (Lipinski definition) is 2. The van der Waals surface area contributed by atoms with E-state index in [1.807, 2.05) is 6.07 Å². The van der Waals surface area contributed by atoms with Crippen LogP contribution in [0.4, 0.5) is 5.69 Å². The monoisotopic (exact) mass is 578 g/mol. The quantitative estimate of drug-likeness (QED) is 0.0891. The van der Waals surface area contributed by atoms with E-state index in [1.54, 1.807) is 0 Å². The molecule has 2 rings (SSSR count). The lowest BCUT2D eigenvalue weighted by atomic mass is 10.0. The van der Waals surface area contributed by atoms with Crippen molar-refractivity contribution in [3.05, 3.63) is 54.6 Å². The summed E-state index contributed by atoms with van der Waals surface area (Å²) in [4.78, 5) is 2.62. The van der Waals surface area contributed by atoms with Gasteiger partial charge in [-0.15, -0.1) is 0 Å². The lowest BCUT2D eigenvalue weighted by Gasteiger charge is -2.27. The van der Waals surface area contributed by atoms with E-state index in [9.17, 15) is 0 Å². The number of benzene rings is 2. The van der Waals surface area contributed by atoms with Crippen LogP contribution in [0.5, 0.6) is 11.5 Å². The predicted molar refractivity (Wildman–Crippen MR) is 187 cm³/mol. The van der Waals surface area contributed by atoms with Crippen molar-refractivity contribution in [2.24, 2.45) is 0 Å². The first-order valence-corrected chi connectivity index (χ1v) is 18.4. The van der Waals surface area contributed by atoms with E-state index in [4.69, 9.17) is 4.74 Å². The van der Waals surface area contributed by atoms with Crippen molar-refractivity contribution in [3.63, 3.8) is 0 Å². The molecule has 0 saturated carbocycles. The Morgan fingerprint density at radius 2 is 0.762 bits per heavy atom. The molecule has 0 aliphatic rings. The second kappa shape index (κ2) is 26.7. The molecule has 0 N–H and O–H groups in total. The van der Waals surface area contributed by atoms with Gasteiger partial charge in [0.15, 0.2) is 5.75 Å². The molecular formula is C40H67NO. The summed E-state index contributed by atoms with van der Waals surface area (Å²) in [6.07, 6.45) is 33.6. The molecule has 2 heteroatoms. The molecule has 0 aromatic heterocycles. The molecule has 0 heterocycles. The first-order chi connectivity index (χ1) is 20.8. The maximum absolute atomic E-state index is 6.38. The Morgan fingerprint density at radius 1 is 0.405 bits per heavy atom. The Bertz CT molecular complexity index is 807. The normalized spacial score (nSPS) is 11.2. The van der Waals surface area contributed by atoms with Crippen molar-refractivity contribution in [2.45, 2.75) is 168 Å². The van der Waals surface area contributed by atoms with Crippen molar-refractivity contribution >= 4 is 5.69 Å². The Morgan fingerprint density at radius 3 is 1.19 bits per heavy atom. The summed E-state index contributed by atoms with van der Waals surface area (Å²) in [6.45, 7) is 6.86. The molecular weight excluding hydrogens is 510 g/mol. The van der Waals surface area contributed by atoms with Gasteiger partial charge in [-0.2, -0.15) is 0 Å². The molecule has 0 aliphatic heterocycles. The van der Waals surface area contributed by atoms with Crippen LogP contribution in [0, 0.1) is 0 Å². The molecule has 2 nitrogen and oxygen atoms in total. The Kier molecular flexibility index (Phi) is 23.0. The van der Waals surface area contributed by atoms with E-state index >= 15 is 0 Å². The van der Waals surface area contributed by atoms with Gasteiger partial charge in [0, 0.05) is 13.1 Å². The van der Waals surface area contributed by atoms with E-state index in [0.29, 0.717) is 0 Å². The third kappa shape index (κ3) is 18.6. The molecule has 0 aliphatic carbocycles. The summed E-state index contributed by atoms with van der Waals surface area (Å²) in [5, 5.41) is 0. The fourth-order valence-electron chi connectivity index (χ4n) is 6.06. The standard InChI is InChI=1S/C40H67NO/c1-3-5-7-9-11-13-15-17-19-21-23-30-36-41(37-31-24-22-20-18-16-14-12-10-8-6-4-2)39-34-28-29-35-40(39)42-38-32-26-25-27-33-38/h25-29,32-35H,3-24,30-31,36-37H2,1-2H3. The van der Waals surface area contributed by atoms with E-state index in [1.165, 1.54) is 160 Å². The zero-order chi connectivity index (χ0) is 29.8. The fourth-order valence-corrected chi connectivity index (χ4v) is 6.06. The summed E-state index contributed by atoms with van der Waals surface area (Å²) in [5.41, 5.74) is 1.26. The van der Waals surface area contributed by atoms with E-state index in [0.717, 1.165) is 24.6 Å². The molecule has 0 radical (unpaired) electrons. The predicted octanol–water partition coefficient (Wildman–Crippen LogP) is 13.7. The average Bonchev–Trinajstić information content (AvgIpc) is 3.02. The lowest BCUT2D eigenvalue weighted by molar-refractivity contribution is 0.479. The summed E-state index contributed by atoms with van der Waals surface area (Å²) in [5.74, 6) is 1.90. The summed E-state index contributed by atoms with van der Waals surface area (Å²) < 4.78 is 6.38. The largest absolute Gasteiger partial charge is 0.455 e. The summed E-state index contributed by atoms with van der Waals surface area (Å²) in [7, 11) is 0. The first kappa shape index (κ1) is 36.2. The average molecular weight is 578 g/mol. The van der Waals surface area contributed by atoms with Gasteiger partial charge in [0.25, 0.3) is 0 Å². The van der Waals surface area contributed by atoms with Gasteiger partial charge in [0.1, 0.15) is 5.75 Å². The van der Waals surface area contributed by atoms with Gasteiger partial charge in [-0.05, 0) is 37.1 Å². The molecule has 238 valence electrons. The van der Waals surface area contributed by atoms with Crippen LogP contribution in [0.3, 0.4) is 0 Å². The maximum Gasteiger partial charge on any atom is 0.150 e. The molecule has 0 fully saturated rings. The van der Waals surface area contributed by atoms with Gasteiger partial charge in [-0.1, -0.05) is 185 Å². The summed E-state index contributed by atoms with van der Waals surface area (Å²) in [6, 6.07) is 18.9. The highest BCUT2D eigenvalue weighted by atomic mass is 16.5. The van der Waals surface area contributed by atoms with E-state index in [-0.39, 0.29) is 0 Å². The van der Waals surface area contributed by atoms with Crippen molar-refractivity contribution in [1.29, 1.82) is 0 Å². The number of para-hydroxylation sites is 3. The minimum absolute atomic E-state index is 0.917. The molecule has 2 aromatic carbocycles. The number of hydrogen-bond donors (Lipinski definition) is 0. The highest BCUT2D eigenvalue weighted by Gasteiger charge is 2.13. The summed E-state index contributed by atoms with van der Waals surface area (Å²) >= 11 is 0. The van der Waals surface area contributed by atoms with Gasteiger partial charge in [-0.25, -0.2) is 0 Å². The van der Waals surface area contributed by atoms with Gasteiger partial charge < -0.3 is 9.64 Å². The second-order valence-electron chi connectivity index (χ2n) is 12.6. The number of anilines is 1. The highest BCUT2D eigenvalue weighted by molar-refractivity contribution is 5.59. The van der Waals surface area contributed by atoms with Crippen LogP contribution in [0.1, 0.15) is 168 Å². The third-order valence-corrected chi connectivity index (χ3v) is 8.74. The zero-order valence-electron chi connectivity index (χ0n) is 27.9. The van der Waals surface area contributed by atoms with Gasteiger partial charge in [-0.3, -0.25) is 0 Å². The van der Waals surface area contributed by atoms with E-state index in [2.05, 4.69) is 67.3 Å². The van der Waals surface area contributed by atoms with Crippen LogP contribution in [0.15, 0.2) is 54.6 Å². The van der Waals surface area contributed by atoms with Crippen molar-refractivity contribution in [1.82, 2.24) is 0 Å². The molecule has 0 unspecified atom stereocenters. The third-order valence-electron chi connectivity index (χ3n) is 8.74. The van der Waals surface area contributed by atoms with Crippen LogP contribution in [0.2, 0.25) is 0 Å². The second-order valence-corrected chi connectivity index (χ2v) is 12.6. The van der Waals surface area contributed by atoms with Crippen LogP contribution in [0.25, 0.3) is 0 Å². The Balaban J connectivity index is 1.72. The van der Waals surface area contributed by atoms with Crippen molar-refractivity contribution in [3.8, 4) is 11.5 Å². The minimum Gasteiger partial charge on any atom is -0.455 e. The fraction of sp³-hybridized carbons (Fsp3) is 0.700. The molecule has 0 bridgehead atoms. The molecule has 0 atom stereocenters. The smallest absolute Gasteiger partial charge is 0.150 e. The molecule has 0 saturated heterocycles. The van der Waals surface area contributed by atoms with Crippen LogP contribution in [-0.4, -0.2) is 13.1 Å². The molecule has 0 spiro atoms. The highest BCUT2D eigenvalue weighted by Crippen LogP contribution is 2.33. The molecule has 0 amide bonds. The van der Waals surface area contributed by atoms with Gasteiger partial charge >= 0.3 is 0 Å². The SMILES string of the molecule is CCCCCCCCCCCCCCN(CCCCCCCCCCCCCC)c1ccccc1Oc1ccccc1. The number of nitrogens with zero attached hydrogens (tertiary/aromatic N) is 1. The van der Waals surface area contributed by atoms with Gasteiger partial charge in [0.2, 0.25) is 0 Å². The maximum atomic E-state index is 6.38. The topological polar surface area (TPSA) is 12.5 Å². The zero-order valence-corrected chi connectivity index (χ0v) is 27.9. The number of rotatable bonds is 29. The lowest BCUT2D eigenvalue weighted by Crippen LogP contribution is -2.26. The minimum atomic E-state index is 0.917. The van der Waals surface area contributed by atoms with Crippen LogP contribution >= 0.6 is 0 Å². The van der Waals surface area contributed by atoms with E-state index < -0.39 is 0 Å². The molecule has 42 heavy (non-hydrogen) atoms.